The van der Waals surface area contributed by atoms with Gasteiger partial charge in [0.25, 0.3) is 0 Å². The minimum atomic E-state index is -1.09. The molecule has 0 heterocycles. The minimum Gasteiger partial charge on any atom is -0.444 e. The number of ether oxygens (including phenoxy) is 1. The van der Waals surface area contributed by atoms with Gasteiger partial charge in [0, 0.05) is 5.54 Å². The lowest BCUT2D eigenvalue weighted by Gasteiger charge is -2.35. The van der Waals surface area contributed by atoms with E-state index in [0.29, 0.717) is 12.0 Å². The van der Waals surface area contributed by atoms with Crippen molar-refractivity contribution in [2.24, 2.45) is 5.92 Å². The number of rotatable bonds is 9. The number of nitriles is 1. The maximum absolute atomic E-state index is 13.8. The van der Waals surface area contributed by atoms with Gasteiger partial charge >= 0.3 is 6.09 Å². The molecule has 0 bridgehead atoms. The molecule has 0 aliphatic carbocycles. The zero-order valence-electron chi connectivity index (χ0n) is 22.3. The van der Waals surface area contributed by atoms with Crippen molar-refractivity contribution in [1.29, 1.82) is 5.26 Å². The van der Waals surface area contributed by atoms with E-state index >= 15 is 0 Å². The zero-order chi connectivity index (χ0) is 27.0. The van der Waals surface area contributed by atoms with Crippen molar-refractivity contribution in [2.45, 2.75) is 85.0 Å². The normalized spacial score (nSPS) is 13.3. The minimum absolute atomic E-state index is 0.0498. The Morgan fingerprint density at radius 1 is 1.17 bits per heavy atom. The second-order valence-electron chi connectivity index (χ2n) is 11.0. The van der Waals surface area contributed by atoms with Crippen LogP contribution in [0, 0.1) is 17.2 Å². The Morgan fingerprint density at radius 3 is 2.29 bits per heavy atom. The monoisotopic (exact) mass is 484 g/mol. The van der Waals surface area contributed by atoms with Crippen LogP contribution in [0.3, 0.4) is 0 Å². The first-order chi connectivity index (χ1) is 16.1. The standard InChI is InChI=1S/C27H40N4O4/c1-10-19-12-11-13-20(17-19)22(23(32)30-26(4,5)6)31(15-14-28)24(33)21(16-18(2)3)29-25(34)35-27(7,8)9/h10-13,17-18,21-22H,1,15-16H2,2-9H3,(H,29,34)(H,30,32). The Kier molecular flexibility index (Phi) is 10.5. The van der Waals surface area contributed by atoms with Gasteiger partial charge in [-0.3, -0.25) is 9.59 Å². The molecule has 8 heteroatoms. The lowest BCUT2D eigenvalue weighted by molar-refractivity contribution is -0.142. The molecule has 3 amide bonds. The van der Waals surface area contributed by atoms with Crippen LogP contribution >= 0.6 is 0 Å². The number of carbonyl (C=O) groups excluding carboxylic acids is 3. The molecule has 0 fully saturated rings. The smallest absolute Gasteiger partial charge is 0.408 e. The molecule has 0 aliphatic rings. The largest absolute Gasteiger partial charge is 0.444 e. The van der Waals surface area contributed by atoms with E-state index < -0.39 is 41.1 Å². The Bertz CT molecular complexity index is 951. The van der Waals surface area contributed by atoms with Crippen LogP contribution in [0.15, 0.2) is 30.8 Å². The number of nitrogens with zero attached hydrogens (tertiary/aromatic N) is 2. The fourth-order valence-corrected chi connectivity index (χ4v) is 3.48. The van der Waals surface area contributed by atoms with Gasteiger partial charge in [-0.25, -0.2) is 4.79 Å². The highest BCUT2D eigenvalue weighted by Gasteiger charge is 2.37. The van der Waals surface area contributed by atoms with E-state index in [4.69, 9.17) is 4.74 Å². The molecule has 35 heavy (non-hydrogen) atoms. The van der Waals surface area contributed by atoms with Crippen LogP contribution in [0.5, 0.6) is 0 Å². The number of nitrogens with one attached hydrogen (secondary N) is 2. The van der Waals surface area contributed by atoms with Crippen LogP contribution in [0.25, 0.3) is 6.08 Å². The third-order valence-electron chi connectivity index (χ3n) is 4.74. The lowest BCUT2D eigenvalue weighted by atomic mass is 9.97. The van der Waals surface area contributed by atoms with Gasteiger partial charge in [0.1, 0.15) is 24.2 Å². The van der Waals surface area contributed by atoms with E-state index in [1.807, 2.05) is 46.8 Å². The average molecular weight is 485 g/mol. The Labute approximate surface area is 209 Å². The van der Waals surface area contributed by atoms with Gasteiger partial charge in [0.05, 0.1) is 6.07 Å². The fourth-order valence-electron chi connectivity index (χ4n) is 3.48. The second-order valence-corrected chi connectivity index (χ2v) is 11.0. The topological polar surface area (TPSA) is 112 Å². The van der Waals surface area contributed by atoms with Gasteiger partial charge in [-0.15, -0.1) is 0 Å². The summed E-state index contributed by atoms with van der Waals surface area (Å²) in [6.45, 7) is 18.0. The lowest BCUT2D eigenvalue weighted by Crippen LogP contribution is -2.55. The molecule has 0 aliphatic heterocycles. The van der Waals surface area contributed by atoms with Gasteiger partial charge in [0.15, 0.2) is 0 Å². The predicted octanol–water partition coefficient (Wildman–Crippen LogP) is 4.58. The summed E-state index contributed by atoms with van der Waals surface area (Å²) >= 11 is 0. The summed E-state index contributed by atoms with van der Waals surface area (Å²) in [6.07, 6.45) is 1.21. The first kappa shape index (κ1) is 29.7. The van der Waals surface area contributed by atoms with Crippen LogP contribution in [-0.2, 0) is 14.3 Å². The molecule has 8 nitrogen and oxygen atoms in total. The molecule has 2 atom stereocenters. The summed E-state index contributed by atoms with van der Waals surface area (Å²) in [4.78, 5) is 41.0. The molecule has 1 aromatic carbocycles. The molecule has 0 radical (unpaired) electrons. The van der Waals surface area contributed by atoms with Gasteiger partial charge in [-0.05, 0) is 71.1 Å². The highest BCUT2D eigenvalue weighted by molar-refractivity contribution is 5.92. The number of carbonyl (C=O) groups is 3. The van der Waals surface area contributed by atoms with Crippen molar-refractivity contribution >= 4 is 24.0 Å². The fraction of sp³-hybridized carbons (Fsp3) is 0.556. The van der Waals surface area contributed by atoms with Crippen molar-refractivity contribution in [1.82, 2.24) is 15.5 Å². The highest BCUT2D eigenvalue weighted by atomic mass is 16.6. The number of amides is 3. The first-order valence-electron chi connectivity index (χ1n) is 11.8. The van der Waals surface area contributed by atoms with Crippen molar-refractivity contribution in [2.75, 3.05) is 6.54 Å². The van der Waals surface area contributed by atoms with Crippen molar-refractivity contribution in [3.05, 3.63) is 42.0 Å². The summed E-state index contributed by atoms with van der Waals surface area (Å²) in [7, 11) is 0. The number of alkyl carbamates (subject to hydrolysis) is 1. The number of benzene rings is 1. The Morgan fingerprint density at radius 2 is 1.80 bits per heavy atom. The van der Waals surface area contributed by atoms with Crippen LogP contribution in [0.4, 0.5) is 4.79 Å². The molecule has 1 rings (SSSR count). The van der Waals surface area contributed by atoms with Crippen LogP contribution in [0.2, 0.25) is 0 Å². The maximum Gasteiger partial charge on any atom is 0.408 e. The third kappa shape index (κ3) is 10.2. The van der Waals surface area contributed by atoms with Crippen LogP contribution in [0.1, 0.15) is 79.0 Å². The SMILES string of the molecule is C=Cc1cccc(C(C(=O)NC(C)(C)C)N(CC#N)C(=O)C(CC(C)C)NC(=O)OC(C)(C)C)c1. The summed E-state index contributed by atoms with van der Waals surface area (Å²) in [6, 6.07) is 7.03. The van der Waals surface area contributed by atoms with Crippen molar-refractivity contribution in [3.8, 4) is 6.07 Å². The van der Waals surface area contributed by atoms with E-state index in [1.54, 1.807) is 45.0 Å². The number of hydrogen-bond donors (Lipinski definition) is 2. The first-order valence-corrected chi connectivity index (χ1v) is 11.8. The second kappa shape index (κ2) is 12.4. The Balaban J connectivity index is 3.52. The molecule has 0 aromatic heterocycles. The van der Waals surface area contributed by atoms with E-state index in [-0.39, 0.29) is 12.5 Å². The van der Waals surface area contributed by atoms with Crippen LogP contribution in [-0.4, -0.2) is 46.5 Å². The van der Waals surface area contributed by atoms with Gasteiger partial charge in [-0.1, -0.05) is 44.7 Å². The van der Waals surface area contributed by atoms with Crippen molar-refractivity contribution in [3.63, 3.8) is 0 Å². The van der Waals surface area contributed by atoms with Gasteiger partial charge in [-0.2, -0.15) is 5.26 Å². The molecule has 0 saturated heterocycles. The van der Waals surface area contributed by atoms with Crippen molar-refractivity contribution < 1.29 is 19.1 Å². The third-order valence-corrected chi connectivity index (χ3v) is 4.74. The average Bonchev–Trinajstić information content (AvgIpc) is 2.69. The quantitative estimate of drug-likeness (QED) is 0.499. The molecule has 0 spiro atoms. The van der Waals surface area contributed by atoms with Gasteiger partial charge in [0.2, 0.25) is 11.8 Å². The van der Waals surface area contributed by atoms with E-state index in [2.05, 4.69) is 17.2 Å². The molecule has 1 aromatic rings. The molecule has 2 N–H and O–H groups in total. The molecule has 2 unspecified atom stereocenters. The van der Waals surface area contributed by atoms with E-state index in [0.717, 1.165) is 5.56 Å². The Hall–Kier alpha value is -3.34. The van der Waals surface area contributed by atoms with Crippen LogP contribution < -0.4 is 10.6 Å². The summed E-state index contributed by atoms with van der Waals surface area (Å²) in [5, 5.41) is 15.2. The molecule has 0 saturated carbocycles. The summed E-state index contributed by atoms with van der Waals surface area (Å²) < 4.78 is 5.35. The van der Waals surface area contributed by atoms with Gasteiger partial charge < -0.3 is 20.3 Å². The summed E-state index contributed by atoms with van der Waals surface area (Å²) in [5.41, 5.74) is -0.0136. The molecular formula is C27H40N4O4. The maximum atomic E-state index is 13.8. The summed E-state index contributed by atoms with van der Waals surface area (Å²) in [5.74, 6) is -0.916. The molecule has 192 valence electrons. The predicted molar refractivity (Wildman–Crippen MR) is 137 cm³/mol. The number of hydrogen-bond acceptors (Lipinski definition) is 5. The zero-order valence-corrected chi connectivity index (χ0v) is 22.3. The van der Waals surface area contributed by atoms with E-state index in [9.17, 15) is 19.6 Å². The van der Waals surface area contributed by atoms with E-state index in [1.165, 1.54) is 4.90 Å². The highest BCUT2D eigenvalue weighted by Crippen LogP contribution is 2.25. The molecular weight excluding hydrogens is 444 g/mol.